The zero-order valence-electron chi connectivity index (χ0n) is 9.01. The first-order valence-electron chi connectivity index (χ1n) is 4.99. The van der Waals surface area contributed by atoms with Crippen LogP contribution < -0.4 is 5.73 Å². The first kappa shape index (κ1) is 10.2. The molecular weight excluding hydrogens is 240 g/mol. The third-order valence-corrected chi connectivity index (χ3v) is 2.80. The number of nitrogens with zero attached hydrogens (tertiary/aromatic N) is 3. The summed E-state index contributed by atoms with van der Waals surface area (Å²) < 4.78 is 7.17. The number of anilines is 1. The van der Waals surface area contributed by atoms with E-state index < -0.39 is 0 Å². The van der Waals surface area contributed by atoms with Crippen LogP contribution in [-0.2, 0) is 7.05 Å². The molecule has 0 aliphatic rings. The Labute approximate surface area is 102 Å². The van der Waals surface area contributed by atoms with E-state index in [1.165, 1.54) is 0 Å². The summed E-state index contributed by atoms with van der Waals surface area (Å²) in [5.41, 5.74) is 7.92. The maximum atomic E-state index is 5.88. The lowest BCUT2D eigenvalue weighted by atomic mass is 10.3. The molecular formula is C11H9ClN4O. The molecule has 0 radical (unpaired) electrons. The minimum absolute atomic E-state index is 0.452. The molecule has 5 nitrogen and oxygen atoms in total. The zero-order chi connectivity index (χ0) is 12.0. The van der Waals surface area contributed by atoms with Crippen molar-refractivity contribution in [2.75, 3.05) is 5.73 Å². The first-order chi connectivity index (χ1) is 8.15. The van der Waals surface area contributed by atoms with E-state index in [9.17, 15) is 0 Å². The largest absolute Gasteiger partial charge is 0.436 e. The molecule has 2 aromatic heterocycles. The Hall–Kier alpha value is -2.01. The SMILES string of the molecule is Cn1ncc(-c2nc3ccc(Cl)cc3o2)c1N. The monoisotopic (exact) mass is 248 g/mol. The number of rotatable bonds is 1. The number of nitrogen functional groups attached to an aromatic ring is 1. The Kier molecular flexibility index (Phi) is 2.09. The number of hydrogen-bond donors (Lipinski definition) is 1. The fraction of sp³-hybridized carbons (Fsp3) is 0.0909. The van der Waals surface area contributed by atoms with Gasteiger partial charge in [-0.05, 0) is 12.1 Å². The fourth-order valence-electron chi connectivity index (χ4n) is 1.63. The van der Waals surface area contributed by atoms with Gasteiger partial charge in [-0.3, -0.25) is 4.68 Å². The molecule has 17 heavy (non-hydrogen) atoms. The summed E-state index contributed by atoms with van der Waals surface area (Å²) in [6.07, 6.45) is 1.63. The molecule has 0 fully saturated rings. The Morgan fingerprint density at radius 1 is 1.41 bits per heavy atom. The summed E-state index contributed by atoms with van der Waals surface area (Å²) >= 11 is 5.88. The van der Waals surface area contributed by atoms with Gasteiger partial charge in [-0.15, -0.1) is 0 Å². The van der Waals surface area contributed by atoms with Crippen LogP contribution in [0.25, 0.3) is 22.6 Å². The average molecular weight is 249 g/mol. The second kappa shape index (κ2) is 3.49. The van der Waals surface area contributed by atoms with Gasteiger partial charge in [0, 0.05) is 18.1 Å². The molecule has 3 rings (SSSR count). The molecule has 86 valence electrons. The van der Waals surface area contributed by atoms with Gasteiger partial charge in [0.1, 0.15) is 11.3 Å². The van der Waals surface area contributed by atoms with E-state index in [-0.39, 0.29) is 0 Å². The molecule has 6 heteroatoms. The van der Waals surface area contributed by atoms with Crippen LogP contribution in [-0.4, -0.2) is 14.8 Å². The van der Waals surface area contributed by atoms with E-state index >= 15 is 0 Å². The maximum absolute atomic E-state index is 5.88. The quantitative estimate of drug-likeness (QED) is 0.718. The molecule has 0 aliphatic heterocycles. The van der Waals surface area contributed by atoms with Crippen molar-refractivity contribution in [3.05, 3.63) is 29.4 Å². The molecule has 2 heterocycles. The molecule has 0 spiro atoms. The van der Waals surface area contributed by atoms with Crippen molar-refractivity contribution in [2.24, 2.45) is 7.05 Å². The summed E-state index contributed by atoms with van der Waals surface area (Å²) in [5, 5.41) is 4.66. The third kappa shape index (κ3) is 1.55. The molecule has 0 saturated heterocycles. The predicted molar refractivity (Wildman–Crippen MR) is 65.6 cm³/mol. The standard InChI is InChI=1S/C11H9ClN4O/c1-16-10(13)7(5-14-16)11-15-8-3-2-6(12)4-9(8)17-11/h2-5H,13H2,1H3. The molecule has 0 saturated carbocycles. The highest BCUT2D eigenvalue weighted by molar-refractivity contribution is 6.31. The Bertz CT molecular complexity index is 701. The van der Waals surface area contributed by atoms with Gasteiger partial charge in [0.2, 0.25) is 5.89 Å². The van der Waals surface area contributed by atoms with Crippen LogP contribution in [0.1, 0.15) is 0 Å². The Morgan fingerprint density at radius 2 is 2.24 bits per heavy atom. The van der Waals surface area contributed by atoms with Crippen molar-refractivity contribution in [3.8, 4) is 11.5 Å². The van der Waals surface area contributed by atoms with Gasteiger partial charge in [0.05, 0.1) is 11.8 Å². The normalized spacial score (nSPS) is 11.2. The van der Waals surface area contributed by atoms with E-state index in [1.807, 2.05) is 0 Å². The van der Waals surface area contributed by atoms with Gasteiger partial charge >= 0.3 is 0 Å². The van der Waals surface area contributed by atoms with E-state index in [0.29, 0.717) is 27.9 Å². The molecule has 3 aromatic rings. The molecule has 1 aromatic carbocycles. The number of hydrogen-bond acceptors (Lipinski definition) is 4. The first-order valence-corrected chi connectivity index (χ1v) is 5.37. The van der Waals surface area contributed by atoms with Crippen LogP contribution in [0, 0.1) is 0 Å². The topological polar surface area (TPSA) is 69.9 Å². The number of aromatic nitrogens is 3. The number of benzene rings is 1. The van der Waals surface area contributed by atoms with Crippen LogP contribution >= 0.6 is 11.6 Å². The summed E-state index contributed by atoms with van der Waals surface area (Å²) in [6, 6.07) is 5.29. The smallest absolute Gasteiger partial charge is 0.232 e. The third-order valence-electron chi connectivity index (χ3n) is 2.57. The van der Waals surface area contributed by atoms with E-state index in [0.717, 1.165) is 5.52 Å². The minimum atomic E-state index is 0.452. The van der Waals surface area contributed by atoms with Gasteiger partial charge in [-0.1, -0.05) is 11.6 Å². The zero-order valence-corrected chi connectivity index (χ0v) is 9.77. The number of halogens is 1. The fourth-order valence-corrected chi connectivity index (χ4v) is 1.79. The van der Waals surface area contributed by atoms with Crippen molar-refractivity contribution in [1.82, 2.24) is 14.8 Å². The highest BCUT2D eigenvalue weighted by atomic mass is 35.5. The predicted octanol–water partition coefficient (Wildman–Crippen LogP) is 2.46. The number of aryl methyl sites for hydroxylation is 1. The van der Waals surface area contributed by atoms with Gasteiger partial charge in [-0.2, -0.15) is 5.10 Å². The van der Waals surface area contributed by atoms with Crippen LogP contribution in [0.5, 0.6) is 0 Å². The van der Waals surface area contributed by atoms with Crippen LogP contribution in [0.15, 0.2) is 28.8 Å². The number of oxazole rings is 1. The second-order valence-corrected chi connectivity index (χ2v) is 4.13. The second-order valence-electron chi connectivity index (χ2n) is 3.70. The van der Waals surface area contributed by atoms with E-state index in [4.69, 9.17) is 21.8 Å². The number of nitrogens with two attached hydrogens (primary N) is 1. The summed E-state index contributed by atoms with van der Waals surface area (Å²) in [7, 11) is 1.76. The van der Waals surface area contributed by atoms with Gasteiger partial charge in [0.15, 0.2) is 5.58 Å². The minimum Gasteiger partial charge on any atom is -0.436 e. The van der Waals surface area contributed by atoms with Gasteiger partial charge in [0.25, 0.3) is 0 Å². The summed E-state index contributed by atoms with van der Waals surface area (Å²) in [5.74, 6) is 0.968. The maximum Gasteiger partial charge on any atom is 0.232 e. The summed E-state index contributed by atoms with van der Waals surface area (Å²) in [4.78, 5) is 4.34. The van der Waals surface area contributed by atoms with Crippen molar-refractivity contribution in [1.29, 1.82) is 0 Å². The Balaban J connectivity index is 2.21. The van der Waals surface area contributed by atoms with Crippen LogP contribution in [0.3, 0.4) is 0 Å². The Morgan fingerprint density at radius 3 is 2.94 bits per heavy atom. The van der Waals surface area contributed by atoms with E-state index in [2.05, 4.69) is 10.1 Å². The van der Waals surface area contributed by atoms with Crippen molar-refractivity contribution in [2.45, 2.75) is 0 Å². The molecule has 0 amide bonds. The lowest BCUT2D eigenvalue weighted by Gasteiger charge is -1.94. The molecule has 0 unspecified atom stereocenters. The van der Waals surface area contributed by atoms with E-state index in [1.54, 1.807) is 36.1 Å². The van der Waals surface area contributed by atoms with Crippen LogP contribution in [0.4, 0.5) is 5.82 Å². The molecule has 0 aliphatic carbocycles. The molecule has 2 N–H and O–H groups in total. The lowest BCUT2D eigenvalue weighted by Crippen LogP contribution is -1.97. The lowest BCUT2D eigenvalue weighted by molar-refractivity contribution is 0.620. The highest BCUT2D eigenvalue weighted by Gasteiger charge is 2.14. The highest BCUT2D eigenvalue weighted by Crippen LogP contribution is 2.29. The van der Waals surface area contributed by atoms with Crippen molar-refractivity contribution in [3.63, 3.8) is 0 Å². The summed E-state index contributed by atoms with van der Waals surface area (Å²) in [6.45, 7) is 0. The van der Waals surface area contributed by atoms with Crippen molar-refractivity contribution < 1.29 is 4.42 Å². The van der Waals surface area contributed by atoms with Gasteiger partial charge in [-0.25, -0.2) is 4.98 Å². The average Bonchev–Trinajstić information content (AvgIpc) is 2.83. The van der Waals surface area contributed by atoms with Gasteiger partial charge < -0.3 is 10.2 Å². The number of fused-ring (bicyclic) bond motifs is 1. The van der Waals surface area contributed by atoms with Crippen LogP contribution in [0.2, 0.25) is 5.02 Å². The molecule has 0 bridgehead atoms. The molecule has 0 atom stereocenters. The van der Waals surface area contributed by atoms with Crippen molar-refractivity contribution >= 4 is 28.5 Å².